The fraction of sp³-hybridized carbons (Fsp3) is 0.250. The maximum atomic E-state index is 14.3. The number of rotatable bonds is 8. The highest BCUT2D eigenvalue weighted by Crippen LogP contribution is 2.20. The molecule has 10 heteroatoms. The third-order valence-electron chi connectivity index (χ3n) is 6.45. The Balaban J connectivity index is 1.70. The second-order valence-electron chi connectivity index (χ2n) is 9.14. The fourth-order valence-electron chi connectivity index (χ4n) is 4.42. The lowest BCUT2D eigenvalue weighted by Gasteiger charge is -2.16. The number of nitrogens with one attached hydrogen (secondary N) is 1. The van der Waals surface area contributed by atoms with Crippen LogP contribution in [0.4, 0.5) is 13.2 Å². The van der Waals surface area contributed by atoms with E-state index in [0.717, 1.165) is 22.8 Å². The number of ketones is 1. The van der Waals surface area contributed by atoms with E-state index in [2.05, 4.69) is 5.32 Å². The summed E-state index contributed by atoms with van der Waals surface area (Å²) >= 11 is 0. The first kappa shape index (κ1) is 26.9. The first-order valence-corrected chi connectivity index (χ1v) is 12.0. The molecule has 3 aromatic rings. The number of halogens is 3. The molecule has 0 aliphatic heterocycles. The molecule has 0 bridgehead atoms. The number of hydrogen-bond acceptors (Lipinski definition) is 5. The van der Waals surface area contributed by atoms with Gasteiger partial charge in [0, 0.05) is 29.8 Å². The molecule has 1 fully saturated rings. The average Bonchev–Trinajstić information content (AvgIpc) is 3.28. The number of allylic oxidation sites excluding steroid dienone is 1. The topological polar surface area (TPSA) is 109 Å². The number of carbonyl (C=O) groups is 2. The number of carbonyl (C=O) groups excluding carboxylic acids is 2. The van der Waals surface area contributed by atoms with Crippen LogP contribution in [0.2, 0.25) is 0 Å². The standard InChI is InChI=1S/C28H25F3N2O5/c29-20-6-2-1-5-17(20)15-33-14-16(11-18-21(30)7-3-8-22(18)31)12-19(28(33)38)25(35)13-26(36)27(37)32-23-9-4-10-24(23)34/h1-3,5-8,12-14,23-24,34,36H,4,9-11,15H2,(H,32,37). The van der Waals surface area contributed by atoms with Crippen LogP contribution < -0.4 is 10.9 Å². The summed E-state index contributed by atoms with van der Waals surface area (Å²) in [7, 11) is 0. The minimum Gasteiger partial charge on any atom is -0.503 e. The van der Waals surface area contributed by atoms with Gasteiger partial charge in [-0.25, -0.2) is 13.2 Å². The molecule has 1 heterocycles. The minimum atomic E-state index is -1.03. The Hall–Kier alpha value is -4.18. The molecule has 1 aromatic heterocycles. The van der Waals surface area contributed by atoms with Crippen molar-refractivity contribution in [2.75, 3.05) is 0 Å². The van der Waals surface area contributed by atoms with E-state index < -0.39 is 58.2 Å². The van der Waals surface area contributed by atoms with Gasteiger partial charge in [-0.05, 0) is 49.1 Å². The van der Waals surface area contributed by atoms with Gasteiger partial charge in [0.1, 0.15) is 17.5 Å². The highest BCUT2D eigenvalue weighted by atomic mass is 19.1. The lowest BCUT2D eigenvalue weighted by molar-refractivity contribution is -0.121. The van der Waals surface area contributed by atoms with Crippen LogP contribution in [0, 0.1) is 17.5 Å². The van der Waals surface area contributed by atoms with Gasteiger partial charge in [-0.3, -0.25) is 14.4 Å². The van der Waals surface area contributed by atoms with Gasteiger partial charge in [0.2, 0.25) is 0 Å². The van der Waals surface area contributed by atoms with Crippen molar-refractivity contribution in [3.05, 3.63) is 117 Å². The Bertz CT molecular complexity index is 1450. The fourth-order valence-corrected chi connectivity index (χ4v) is 4.42. The lowest BCUT2D eigenvalue weighted by atomic mass is 10.0. The molecule has 4 rings (SSSR count). The number of amides is 1. The largest absolute Gasteiger partial charge is 0.503 e. The summed E-state index contributed by atoms with van der Waals surface area (Å²) in [4.78, 5) is 38.5. The van der Waals surface area contributed by atoms with E-state index in [1.54, 1.807) is 6.07 Å². The SMILES string of the molecule is O=C(NC1CCCC1O)C(O)=CC(=O)c1cc(Cc2c(F)cccc2F)cn(Cc2ccccc2F)c1=O. The summed E-state index contributed by atoms with van der Waals surface area (Å²) in [6.45, 7) is -0.283. The molecule has 3 N–H and O–H groups in total. The predicted octanol–water partition coefficient (Wildman–Crippen LogP) is 3.56. The molecule has 38 heavy (non-hydrogen) atoms. The third kappa shape index (κ3) is 6.03. The van der Waals surface area contributed by atoms with Crippen LogP contribution in [0.25, 0.3) is 0 Å². The van der Waals surface area contributed by atoms with Gasteiger partial charge in [0.15, 0.2) is 11.5 Å². The zero-order valence-corrected chi connectivity index (χ0v) is 20.2. The maximum Gasteiger partial charge on any atom is 0.286 e. The van der Waals surface area contributed by atoms with Gasteiger partial charge in [-0.15, -0.1) is 0 Å². The summed E-state index contributed by atoms with van der Waals surface area (Å²) in [5.41, 5.74) is -1.34. The second kappa shape index (κ2) is 11.5. The van der Waals surface area contributed by atoms with Crippen molar-refractivity contribution in [1.29, 1.82) is 0 Å². The summed E-state index contributed by atoms with van der Waals surface area (Å²) in [5.74, 6) is -5.25. The van der Waals surface area contributed by atoms with Crippen molar-refractivity contribution in [2.24, 2.45) is 0 Å². The summed E-state index contributed by atoms with van der Waals surface area (Å²) in [5, 5.41) is 22.5. The molecule has 2 atom stereocenters. The van der Waals surface area contributed by atoms with Crippen molar-refractivity contribution in [1.82, 2.24) is 9.88 Å². The van der Waals surface area contributed by atoms with Gasteiger partial charge >= 0.3 is 0 Å². The van der Waals surface area contributed by atoms with E-state index in [4.69, 9.17) is 0 Å². The normalized spacial score (nSPS) is 17.4. The molecular weight excluding hydrogens is 501 g/mol. The number of nitrogens with zero attached hydrogens (tertiary/aromatic N) is 1. The van der Waals surface area contributed by atoms with Crippen LogP contribution in [0.15, 0.2) is 71.4 Å². The van der Waals surface area contributed by atoms with Crippen molar-refractivity contribution in [3.8, 4) is 0 Å². The van der Waals surface area contributed by atoms with Crippen molar-refractivity contribution < 1.29 is 33.0 Å². The van der Waals surface area contributed by atoms with Crippen LogP contribution >= 0.6 is 0 Å². The Morgan fingerprint density at radius 3 is 2.37 bits per heavy atom. The smallest absolute Gasteiger partial charge is 0.286 e. The highest BCUT2D eigenvalue weighted by molar-refractivity contribution is 6.08. The quantitative estimate of drug-likeness (QED) is 0.236. The maximum absolute atomic E-state index is 14.3. The molecule has 2 aromatic carbocycles. The van der Waals surface area contributed by atoms with E-state index in [1.807, 2.05) is 0 Å². The second-order valence-corrected chi connectivity index (χ2v) is 9.14. The number of aromatic nitrogens is 1. The average molecular weight is 527 g/mol. The summed E-state index contributed by atoms with van der Waals surface area (Å²) in [6.07, 6.45) is 2.42. The molecule has 7 nitrogen and oxygen atoms in total. The van der Waals surface area contributed by atoms with E-state index in [9.17, 15) is 37.8 Å². The first-order valence-electron chi connectivity index (χ1n) is 12.0. The van der Waals surface area contributed by atoms with E-state index in [-0.39, 0.29) is 29.7 Å². The zero-order valence-electron chi connectivity index (χ0n) is 20.2. The Labute approximate surface area is 215 Å². The molecule has 1 saturated carbocycles. The van der Waals surface area contributed by atoms with Crippen LogP contribution in [0.5, 0.6) is 0 Å². The number of benzene rings is 2. The van der Waals surface area contributed by atoms with Crippen LogP contribution in [-0.2, 0) is 17.8 Å². The van der Waals surface area contributed by atoms with Crippen molar-refractivity contribution >= 4 is 11.7 Å². The number of aliphatic hydroxyl groups excluding tert-OH is 2. The Morgan fingerprint density at radius 1 is 1.03 bits per heavy atom. The van der Waals surface area contributed by atoms with Crippen LogP contribution in [-0.4, -0.2) is 38.6 Å². The number of pyridine rings is 1. The molecule has 0 radical (unpaired) electrons. The van der Waals surface area contributed by atoms with Crippen molar-refractivity contribution in [2.45, 2.75) is 44.4 Å². The predicted molar refractivity (Wildman–Crippen MR) is 132 cm³/mol. The molecule has 0 spiro atoms. The van der Waals surface area contributed by atoms with E-state index in [0.29, 0.717) is 25.3 Å². The van der Waals surface area contributed by atoms with E-state index >= 15 is 0 Å². The summed E-state index contributed by atoms with van der Waals surface area (Å²) < 4.78 is 43.9. The molecule has 198 valence electrons. The molecule has 2 unspecified atom stereocenters. The van der Waals surface area contributed by atoms with Gasteiger partial charge < -0.3 is 20.1 Å². The molecular formula is C28H25F3N2O5. The first-order chi connectivity index (χ1) is 18.1. The number of hydrogen-bond donors (Lipinski definition) is 3. The monoisotopic (exact) mass is 526 g/mol. The van der Waals surface area contributed by atoms with Gasteiger partial charge in [-0.1, -0.05) is 24.3 Å². The molecule has 1 amide bonds. The third-order valence-corrected chi connectivity index (χ3v) is 6.45. The zero-order chi connectivity index (χ0) is 27.4. The van der Waals surface area contributed by atoms with Gasteiger partial charge in [0.05, 0.1) is 24.3 Å². The van der Waals surface area contributed by atoms with Gasteiger partial charge in [-0.2, -0.15) is 0 Å². The minimum absolute atomic E-state index is 0.134. The van der Waals surface area contributed by atoms with Gasteiger partial charge in [0.25, 0.3) is 11.5 Å². The molecule has 1 aliphatic carbocycles. The van der Waals surface area contributed by atoms with Crippen molar-refractivity contribution in [3.63, 3.8) is 0 Å². The summed E-state index contributed by atoms with van der Waals surface area (Å²) in [6, 6.07) is 9.56. The van der Waals surface area contributed by atoms with E-state index in [1.165, 1.54) is 30.5 Å². The van der Waals surface area contributed by atoms with Crippen LogP contribution in [0.3, 0.4) is 0 Å². The van der Waals surface area contributed by atoms with Crippen LogP contribution in [0.1, 0.15) is 46.3 Å². The Morgan fingerprint density at radius 2 is 1.71 bits per heavy atom. The molecule has 0 saturated heterocycles. The highest BCUT2D eigenvalue weighted by Gasteiger charge is 2.28. The lowest BCUT2D eigenvalue weighted by Crippen LogP contribution is -2.40. The molecule has 1 aliphatic rings. The Kier molecular flexibility index (Phi) is 8.11. The number of aliphatic hydroxyl groups is 2.